The maximum Gasteiger partial charge on any atom is 0.491 e. The first-order valence-corrected chi connectivity index (χ1v) is 11.5. The number of hydrogen-bond acceptors (Lipinski definition) is 7. The molecule has 12 heteroatoms. The summed E-state index contributed by atoms with van der Waals surface area (Å²) in [6.45, 7) is 2.10. The molecule has 7 nitrogen and oxygen atoms in total. The van der Waals surface area contributed by atoms with Crippen molar-refractivity contribution in [3.05, 3.63) is 53.2 Å². The Hall–Kier alpha value is -3.05. The second-order valence-electron chi connectivity index (χ2n) is 7.50. The molecule has 3 aromatic rings. The number of hydrogen-bond donors (Lipinski definition) is 1. The molecule has 1 aromatic heterocycles. The number of halogens is 4. The van der Waals surface area contributed by atoms with E-state index in [1.807, 2.05) is 12.1 Å². The van der Waals surface area contributed by atoms with Crippen LogP contribution in [0.3, 0.4) is 0 Å². The average Bonchev–Trinajstić information content (AvgIpc) is 3.27. The van der Waals surface area contributed by atoms with Crippen molar-refractivity contribution in [2.75, 3.05) is 18.0 Å². The van der Waals surface area contributed by atoms with E-state index >= 15 is 0 Å². The normalized spacial score (nSPS) is 14.2. The lowest BCUT2D eigenvalue weighted by atomic mass is 10.0. The van der Waals surface area contributed by atoms with Gasteiger partial charge in [-0.3, -0.25) is 0 Å². The van der Waals surface area contributed by atoms with E-state index in [4.69, 9.17) is 11.6 Å². The average molecular weight is 511 g/mol. The monoisotopic (exact) mass is 510 g/mol. The van der Waals surface area contributed by atoms with Crippen LogP contribution in [0, 0.1) is 0 Å². The van der Waals surface area contributed by atoms with Crippen molar-refractivity contribution in [3.63, 3.8) is 0 Å². The van der Waals surface area contributed by atoms with Gasteiger partial charge in [0.25, 0.3) is 0 Å². The summed E-state index contributed by atoms with van der Waals surface area (Å²) in [5, 5.41) is 9.63. The van der Waals surface area contributed by atoms with Gasteiger partial charge in [0.2, 0.25) is 0 Å². The number of alkyl halides is 3. The van der Waals surface area contributed by atoms with Crippen LogP contribution in [0.2, 0.25) is 5.02 Å². The van der Waals surface area contributed by atoms with Crippen LogP contribution in [0.15, 0.2) is 52.4 Å². The molecule has 0 atom stereocenters. The van der Waals surface area contributed by atoms with Gasteiger partial charge in [-0.1, -0.05) is 46.8 Å². The van der Waals surface area contributed by atoms with Gasteiger partial charge in [-0.2, -0.15) is 13.2 Å². The molecule has 0 aliphatic carbocycles. The zero-order valence-electron chi connectivity index (χ0n) is 17.6. The molecule has 1 fully saturated rings. The smallest absolute Gasteiger partial charge is 0.381 e. The SMILES string of the molecule is O=C(OC(=O)C(F)(F)F)c1[nH]nnc1Sc1ccc(-c2ccc(N3CCCCC3)cc2)c(Cl)c1. The molecule has 2 heterocycles. The minimum Gasteiger partial charge on any atom is -0.381 e. The number of piperidine rings is 1. The number of aromatic nitrogens is 3. The van der Waals surface area contributed by atoms with Gasteiger partial charge in [0.1, 0.15) is 0 Å². The number of esters is 2. The van der Waals surface area contributed by atoms with Crippen molar-refractivity contribution < 1.29 is 27.5 Å². The fraction of sp³-hybridized carbons (Fsp3) is 0.273. The van der Waals surface area contributed by atoms with Crippen molar-refractivity contribution in [2.45, 2.75) is 35.4 Å². The molecule has 0 spiro atoms. The molecule has 178 valence electrons. The molecule has 0 saturated carbocycles. The predicted octanol–water partition coefficient (Wildman–Crippen LogP) is 5.51. The zero-order chi connectivity index (χ0) is 24.3. The Kier molecular flexibility index (Phi) is 7.13. The Morgan fingerprint density at radius 3 is 2.41 bits per heavy atom. The summed E-state index contributed by atoms with van der Waals surface area (Å²) in [6, 6.07) is 13.3. The predicted molar refractivity (Wildman–Crippen MR) is 120 cm³/mol. The highest BCUT2D eigenvalue weighted by Gasteiger charge is 2.43. The van der Waals surface area contributed by atoms with Crippen LogP contribution in [0.1, 0.15) is 29.8 Å². The van der Waals surface area contributed by atoms with E-state index in [1.165, 1.54) is 24.9 Å². The Balaban J connectivity index is 1.47. The van der Waals surface area contributed by atoms with Crippen LogP contribution in [0.25, 0.3) is 11.1 Å². The Labute approximate surface area is 201 Å². The van der Waals surface area contributed by atoms with Gasteiger partial charge < -0.3 is 9.64 Å². The molecule has 0 radical (unpaired) electrons. The fourth-order valence-corrected chi connectivity index (χ4v) is 4.73. The van der Waals surface area contributed by atoms with Crippen molar-refractivity contribution in [2.24, 2.45) is 0 Å². The topological polar surface area (TPSA) is 88.2 Å². The highest BCUT2D eigenvalue weighted by molar-refractivity contribution is 7.99. The summed E-state index contributed by atoms with van der Waals surface area (Å²) in [6.07, 6.45) is -1.66. The molecule has 0 unspecified atom stereocenters. The largest absolute Gasteiger partial charge is 0.491 e. The van der Waals surface area contributed by atoms with E-state index in [1.54, 1.807) is 18.2 Å². The number of anilines is 1. The lowest BCUT2D eigenvalue weighted by molar-refractivity contribution is -0.193. The molecular formula is C22H18ClF3N4O3S. The molecule has 0 bridgehead atoms. The third-order valence-electron chi connectivity index (χ3n) is 5.19. The first-order chi connectivity index (χ1) is 16.2. The van der Waals surface area contributed by atoms with E-state index in [0.29, 0.717) is 9.92 Å². The van der Waals surface area contributed by atoms with Gasteiger partial charge in [0, 0.05) is 34.3 Å². The maximum atomic E-state index is 12.3. The minimum absolute atomic E-state index is 0.0605. The molecule has 1 N–H and O–H groups in total. The second kappa shape index (κ2) is 10.1. The van der Waals surface area contributed by atoms with E-state index in [2.05, 4.69) is 37.2 Å². The second-order valence-corrected chi connectivity index (χ2v) is 8.97. The number of carbonyl (C=O) groups excluding carboxylic acids is 2. The van der Waals surface area contributed by atoms with Crippen LogP contribution in [-0.2, 0) is 9.53 Å². The van der Waals surface area contributed by atoms with Crippen molar-refractivity contribution in [3.8, 4) is 11.1 Å². The minimum atomic E-state index is -5.30. The zero-order valence-corrected chi connectivity index (χ0v) is 19.1. The van der Waals surface area contributed by atoms with Crippen molar-refractivity contribution in [1.29, 1.82) is 0 Å². The van der Waals surface area contributed by atoms with Crippen LogP contribution >= 0.6 is 23.4 Å². The summed E-state index contributed by atoms with van der Waals surface area (Å²) in [5.41, 5.74) is 2.42. The molecule has 4 rings (SSSR count). The number of nitrogens with one attached hydrogen (secondary N) is 1. The molecular weight excluding hydrogens is 493 g/mol. The first kappa shape index (κ1) is 24.1. The summed E-state index contributed by atoms with van der Waals surface area (Å²) in [4.78, 5) is 25.8. The van der Waals surface area contributed by atoms with Gasteiger partial charge >= 0.3 is 18.1 Å². The number of benzene rings is 2. The molecule has 34 heavy (non-hydrogen) atoms. The molecule has 1 saturated heterocycles. The van der Waals surface area contributed by atoms with Crippen LogP contribution in [0.5, 0.6) is 0 Å². The standard InChI is InChI=1S/C22H18ClF3N4O3S/c23-17-12-15(34-19-18(27-29-28-19)20(31)33-21(32)22(24,25)26)8-9-16(17)13-4-6-14(7-5-13)30-10-2-1-3-11-30/h4-9,12H,1-3,10-11H2,(H,27,28,29). The van der Waals surface area contributed by atoms with E-state index in [9.17, 15) is 22.8 Å². The van der Waals surface area contributed by atoms with Gasteiger partial charge in [0.05, 0.1) is 0 Å². The third-order valence-corrected chi connectivity index (χ3v) is 6.47. The van der Waals surface area contributed by atoms with Gasteiger partial charge in [-0.05, 0) is 49.1 Å². The Morgan fingerprint density at radius 1 is 1.06 bits per heavy atom. The van der Waals surface area contributed by atoms with E-state index < -0.39 is 23.8 Å². The number of H-pyrrole nitrogens is 1. The summed E-state index contributed by atoms with van der Waals surface area (Å²) in [7, 11) is 0. The van der Waals surface area contributed by atoms with Crippen molar-refractivity contribution in [1.82, 2.24) is 15.4 Å². The number of carbonyl (C=O) groups is 2. The van der Waals surface area contributed by atoms with Gasteiger partial charge in [0.15, 0.2) is 10.7 Å². The highest BCUT2D eigenvalue weighted by atomic mass is 35.5. The number of aromatic amines is 1. The Morgan fingerprint density at radius 2 is 1.76 bits per heavy atom. The molecule has 1 aliphatic heterocycles. The molecule has 2 aromatic carbocycles. The summed E-state index contributed by atoms with van der Waals surface area (Å²) in [5.74, 6) is -4.16. The fourth-order valence-electron chi connectivity index (χ4n) is 3.52. The van der Waals surface area contributed by atoms with E-state index in [0.717, 1.165) is 36.0 Å². The van der Waals surface area contributed by atoms with Crippen LogP contribution in [-0.4, -0.2) is 46.6 Å². The summed E-state index contributed by atoms with van der Waals surface area (Å²) < 4.78 is 40.9. The number of ether oxygens (including phenoxy) is 1. The first-order valence-electron chi connectivity index (χ1n) is 10.3. The van der Waals surface area contributed by atoms with Gasteiger partial charge in [-0.25, -0.2) is 14.7 Å². The highest BCUT2D eigenvalue weighted by Crippen LogP contribution is 2.36. The van der Waals surface area contributed by atoms with E-state index in [-0.39, 0.29) is 5.03 Å². The third kappa shape index (κ3) is 5.53. The number of rotatable bonds is 5. The summed E-state index contributed by atoms with van der Waals surface area (Å²) >= 11 is 7.42. The van der Waals surface area contributed by atoms with Crippen LogP contribution in [0.4, 0.5) is 18.9 Å². The lowest BCUT2D eigenvalue weighted by Crippen LogP contribution is -2.29. The molecule has 0 amide bonds. The van der Waals surface area contributed by atoms with Crippen molar-refractivity contribution >= 4 is 41.0 Å². The maximum absolute atomic E-state index is 12.3. The Bertz CT molecular complexity index is 1190. The van der Waals surface area contributed by atoms with Crippen LogP contribution < -0.4 is 4.90 Å². The van der Waals surface area contributed by atoms with Gasteiger partial charge in [-0.15, -0.1) is 5.10 Å². The lowest BCUT2D eigenvalue weighted by Gasteiger charge is -2.28. The quantitative estimate of drug-likeness (QED) is 0.357. The number of nitrogens with zero attached hydrogens (tertiary/aromatic N) is 3. The molecule has 1 aliphatic rings.